The quantitative estimate of drug-likeness (QED) is 0.724. The van der Waals surface area contributed by atoms with Crippen LogP contribution in [0.5, 0.6) is 0 Å². The zero-order valence-corrected chi connectivity index (χ0v) is 14.0. The Balaban J connectivity index is 1.67. The first-order valence-electron chi connectivity index (χ1n) is 7.85. The lowest BCUT2D eigenvalue weighted by Gasteiger charge is -2.25. The zero-order valence-electron chi connectivity index (χ0n) is 12.4. The minimum atomic E-state index is 0.454. The molecular weight excluding hydrogens is 328 g/mol. The summed E-state index contributed by atoms with van der Waals surface area (Å²) in [6, 6.07) is 8.02. The number of hydrogen-bond acceptors (Lipinski definition) is 3. The molecule has 1 saturated carbocycles. The Morgan fingerprint density at radius 1 is 1.14 bits per heavy atom. The molecule has 1 aromatic carbocycles. The Morgan fingerprint density at radius 3 is 2.52 bits per heavy atom. The molecule has 0 spiro atoms. The second-order valence-electron chi connectivity index (χ2n) is 5.97. The molecule has 0 bridgehead atoms. The van der Waals surface area contributed by atoms with Crippen molar-refractivity contribution in [3.05, 3.63) is 34.6 Å². The van der Waals surface area contributed by atoms with Crippen molar-refractivity contribution in [2.75, 3.05) is 0 Å². The molecule has 112 valence electrons. The molecule has 1 heterocycles. The molecule has 2 aromatic rings. The predicted molar refractivity (Wildman–Crippen MR) is 87.0 cm³/mol. The molecule has 0 atom stereocenters. The van der Waals surface area contributed by atoms with Gasteiger partial charge >= 0.3 is 0 Å². The van der Waals surface area contributed by atoms with E-state index in [-0.39, 0.29) is 0 Å². The summed E-state index contributed by atoms with van der Waals surface area (Å²) in [5.74, 6) is 2.88. The van der Waals surface area contributed by atoms with Crippen LogP contribution in [-0.4, -0.2) is 10.1 Å². The van der Waals surface area contributed by atoms with Crippen molar-refractivity contribution in [3.63, 3.8) is 0 Å². The van der Waals surface area contributed by atoms with Gasteiger partial charge in [0.05, 0.1) is 0 Å². The number of aromatic nitrogens is 2. The molecule has 1 aliphatic carbocycles. The Morgan fingerprint density at radius 2 is 1.86 bits per heavy atom. The van der Waals surface area contributed by atoms with E-state index in [9.17, 15) is 0 Å². The van der Waals surface area contributed by atoms with Crippen molar-refractivity contribution in [2.24, 2.45) is 5.92 Å². The molecule has 0 unspecified atom stereocenters. The Hall–Kier alpha value is -1.16. The van der Waals surface area contributed by atoms with Gasteiger partial charge in [-0.25, -0.2) is 0 Å². The normalized spacial score (nSPS) is 22.4. The van der Waals surface area contributed by atoms with Crippen molar-refractivity contribution < 1.29 is 4.52 Å². The van der Waals surface area contributed by atoms with E-state index < -0.39 is 0 Å². The molecule has 0 amide bonds. The molecule has 21 heavy (non-hydrogen) atoms. The number of hydrogen-bond donors (Lipinski definition) is 0. The van der Waals surface area contributed by atoms with E-state index in [0.29, 0.717) is 11.7 Å². The predicted octanol–water partition coefficient (Wildman–Crippen LogP) is 5.57. The first-order chi connectivity index (χ1) is 10.3. The third kappa shape index (κ3) is 3.54. The molecule has 1 fully saturated rings. The summed E-state index contributed by atoms with van der Waals surface area (Å²) in [6.45, 7) is 2.27. The van der Waals surface area contributed by atoms with Crippen molar-refractivity contribution in [1.82, 2.24) is 10.1 Å². The lowest BCUT2D eigenvalue weighted by Crippen LogP contribution is -2.13. The maximum atomic E-state index is 5.51. The minimum absolute atomic E-state index is 0.454. The van der Waals surface area contributed by atoms with Gasteiger partial charge in [-0.2, -0.15) is 4.98 Å². The maximum Gasteiger partial charge on any atom is 0.230 e. The van der Waals surface area contributed by atoms with Crippen LogP contribution < -0.4 is 0 Å². The molecule has 1 aliphatic rings. The summed E-state index contributed by atoms with van der Waals surface area (Å²) in [7, 11) is 0. The Kier molecular flexibility index (Phi) is 4.73. The van der Waals surface area contributed by atoms with E-state index in [1.807, 2.05) is 24.3 Å². The third-order valence-corrected chi connectivity index (χ3v) is 4.97. The first-order valence-corrected chi connectivity index (χ1v) is 8.65. The number of nitrogens with zero attached hydrogens (tertiary/aromatic N) is 2. The fourth-order valence-electron chi connectivity index (χ4n) is 3.22. The molecule has 0 N–H and O–H groups in total. The number of rotatable bonds is 4. The summed E-state index contributed by atoms with van der Waals surface area (Å²) < 4.78 is 6.57. The van der Waals surface area contributed by atoms with Gasteiger partial charge in [-0.15, -0.1) is 0 Å². The van der Waals surface area contributed by atoms with Crippen LogP contribution in [0.3, 0.4) is 0 Å². The van der Waals surface area contributed by atoms with Gasteiger partial charge in [-0.05, 0) is 55.9 Å². The fraction of sp³-hybridized carbons (Fsp3) is 0.529. The van der Waals surface area contributed by atoms with E-state index in [1.54, 1.807) is 0 Å². The van der Waals surface area contributed by atoms with Crippen molar-refractivity contribution >= 4 is 15.9 Å². The van der Waals surface area contributed by atoms with Crippen LogP contribution in [-0.2, 0) is 0 Å². The topological polar surface area (TPSA) is 38.9 Å². The highest BCUT2D eigenvalue weighted by atomic mass is 79.9. The third-order valence-electron chi connectivity index (χ3n) is 4.44. The van der Waals surface area contributed by atoms with Crippen molar-refractivity contribution in [2.45, 2.75) is 51.4 Å². The SMILES string of the molecule is CCCC1CCC(c2nc(-c3ccc(Br)cc3)no2)CC1. The van der Waals surface area contributed by atoms with Crippen molar-refractivity contribution in [3.8, 4) is 11.4 Å². The lowest BCUT2D eigenvalue weighted by molar-refractivity contribution is 0.262. The van der Waals surface area contributed by atoms with Crippen LogP contribution >= 0.6 is 15.9 Å². The monoisotopic (exact) mass is 348 g/mol. The smallest absolute Gasteiger partial charge is 0.230 e. The van der Waals surface area contributed by atoms with E-state index in [2.05, 4.69) is 33.0 Å². The summed E-state index contributed by atoms with van der Waals surface area (Å²) in [4.78, 5) is 4.61. The Bertz CT molecular complexity index is 571. The van der Waals surface area contributed by atoms with E-state index in [0.717, 1.165) is 21.8 Å². The second-order valence-corrected chi connectivity index (χ2v) is 6.89. The van der Waals surface area contributed by atoms with Crippen molar-refractivity contribution in [1.29, 1.82) is 0 Å². The van der Waals surface area contributed by atoms with Crippen LogP contribution in [0.4, 0.5) is 0 Å². The van der Waals surface area contributed by atoms with Gasteiger partial charge in [0.1, 0.15) is 0 Å². The van der Waals surface area contributed by atoms with Crippen LogP contribution in [0.2, 0.25) is 0 Å². The average molecular weight is 349 g/mol. The molecule has 0 aliphatic heterocycles. The van der Waals surface area contributed by atoms with Gasteiger partial charge in [0.25, 0.3) is 0 Å². The largest absolute Gasteiger partial charge is 0.339 e. The molecule has 3 nitrogen and oxygen atoms in total. The van der Waals surface area contributed by atoms with Gasteiger partial charge in [0.15, 0.2) is 0 Å². The first kappa shape index (κ1) is 14.8. The number of halogens is 1. The van der Waals surface area contributed by atoms with Gasteiger partial charge in [-0.3, -0.25) is 0 Å². The van der Waals surface area contributed by atoms with Gasteiger partial charge in [0, 0.05) is 16.0 Å². The minimum Gasteiger partial charge on any atom is -0.339 e. The molecule has 4 heteroatoms. The van der Waals surface area contributed by atoms with Crippen LogP contribution in [0.15, 0.2) is 33.3 Å². The summed E-state index contributed by atoms with van der Waals surface area (Å²) in [6.07, 6.45) is 7.63. The lowest BCUT2D eigenvalue weighted by atomic mass is 9.80. The zero-order chi connectivity index (χ0) is 14.7. The van der Waals surface area contributed by atoms with E-state index in [4.69, 9.17) is 4.52 Å². The molecule has 0 radical (unpaired) electrons. The highest BCUT2D eigenvalue weighted by Crippen LogP contribution is 2.37. The van der Waals surface area contributed by atoms with E-state index >= 15 is 0 Å². The second kappa shape index (κ2) is 6.73. The highest BCUT2D eigenvalue weighted by molar-refractivity contribution is 9.10. The van der Waals surface area contributed by atoms with Crippen LogP contribution in [0, 0.1) is 5.92 Å². The number of benzene rings is 1. The summed E-state index contributed by atoms with van der Waals surface area (Å²) in [5, 5.41) is 4.15. The molecule has 1 aromatic heterocycles. The fourth-order valence-corrected chi connectivity index (χ4v) is 3.49. The molecular formula is C17H21BrN2O. The highest BCUT2D eigenvalue weighted by Gasteiger charge is 2.26. The summed E-state index contributed by atoms with van der Waals surface area (Å²) >= 11 is 3.44. The Labute approximate surface area is 134 Å². The van der Waals surface area contributed by atoms with Gasteiger partial charge < -0.3 is 4.52 Å². The van der Waals surface area contributed by atoms with Gasteiger partial charge in [-0.1, -0.05) is 40.9 Å². The standard InChI is InChI=1S/C17H21BrN2O/c1-2-3-12-4-6-14(7-5-12)17-19-16(20-21-17)13-8-10-15(18)11-9-13/h8-12,14H,2-7H2,1H3. The molecule has 3 rings (SSSR count). The average Bonchev–Trinajstić information content (AvgIpc) is 2.99. The summed E-state index contributed by atoms with van der Waals surface area (Å²) in [5.41, 5.74) is 1.01. The van der Waals surface area contributed by atoms with Crippen LogP contribution in [0.1, 0.15) is 57.3 Å². The van der Waals surface area contributed by atoms with Crippen LogP contribution in [0.25, 0.3) is 11.4 Å². The van der Waals surface area contributed by atoms with Gasteiger partial charge in [0.2, 0.25) is 11.7 Å². The molecule has 0 saturated heterocycles. The maximum absolute atomic E-state index is 5.51. The van der Waals surface area contributed by atoms with E-state index in [1.165, 1.54) is 38.5 Å².